The molecule has 0 aliphatic heterocycles. The van der Waals surface area contributed by atoms with Crippen LogP contribution in [0.1, 0.15) is 17.4 Å². The van der Waals surface area contributed by atoms with Crippen LogP contribution in [-0.2, 0) is 11.9 Å². The van der Waals surface area contributed by atoms with Crippen LogP contribution in [0, 0.1) is 0 Å². The van der Waals surface area contributed by atoms with Crippen LogP contribution in [0.4, 0.5) is 0 Å². The van der Waals surface area contributed by atoms with Crippen LogP contribution >= 0.6 is 43.2 Å². The monoisotopic (exact) mass is 404 g/mol. The highest BCUT2D eigenvalue weighted by molar-refractivity contribution is 9.11. The van der Waals surface area contributed by atoms with E-state index >= 15 is 0 Å². The highest BCUT2D eigenvalue weighted by Crippen LogP contribution is 2.31. The Kier molecular flexibility index (Phi) is 5.73. The Bertz CT molecular complexity index is 540. The number of hydrogen-bond donors (Lipinski definition) is 0. The van der Waals surface area contributed by atoms with Crippen molar-refractivity contribution in [2.45, 2.75) is 18.9 Å². The fraction of sp³-hybridized carbons (Fsp3) is 0.286. The molecule has 0 bridgehead atoms. The second kappa shape index (κ2) is 7.31. The van der Waals surface area contributed by atoms with Crippen molar-refractivity contribution in [2.24, 2.45) is 0 Å². The van der Waals surface area contributed by atoms with Crippen LogP contribution in [0.5, 0.6) is 11.5 Å². The fourth-order valence-electron chi connectivity index (χ4n) is 1.60. The third kappa shape index (κ3) is 4.23. The van der Waals surface area contributed by atoms with Crippen molar-refractivity contribution in [3.63, 3.8) is 0 Å². The molecule has 0 aliphatic carbocycles. The minimum Gasteiger partial charge on any atom is -0.490 e. The number of ether oxygens (including phenoxy) is 2. The number of hydrogen-bond acceptors (Lipinski definition) is 3. The third-order valence-electron chi connectivity index (χ3n) is 2.46. The predicted molar refractivity (Wildman–Crippen MR) is 86.6 cm³/mol. The van der Waals surface area contributed by atoms with Crippen LogP contribution in [-0.4, -0.2) is 6.61 Å². The molecule has 0 amide bonds. The molecule has 0 fully saturated rings. The molecule has 1 heterocycles. The van der Waals surface area contributed by atoms with Gasteiger partial charge in [0.15, 0.2) is 11.5 Å². The van der Waals surface area contributed by atoms with Crippen molar-refractivity contribution in [1.82, 2.24) is 0 Å². The minimum atomic E-state index is 0.560. The molecule has 102 valence electrons. The lowest BCUT2D eigenvalue weighted by Gasteiger charge is -2.12. The molecule has 2 rings (SSSR count). The van der Waals surface area contributed by atoms with Crippen LogP contribution < -0.4 is 9.47 Å². The summed E-state index contributed by atoms with van der Waals surface area (Å²) in [6, 6.07) is 10.1. The van der Waals surface area contributed by atoms with Crippen LogP contribution in [0.25, 0.3) is 0 Å². The van der Waals surface area contributed by atoms with Crippen molar-refractivity contribution >= 4 is 43.2 Å². The Morgan fingerprint density at radius 2 is 1.95 bits per heavy atom. The SMILES string of the molecule is CCOc1cc(CBr)ccc1OCc1ccc(Br)s1. The molecular weight excluding hydrogens is 392 g/mol. The van der Waals surface area contributed by atoms with E-state index in [9.17, 15) is 0 Å². The Labute approximate surface area is 134 Å². The highest BCUT2D eigenvalue weighted by Gasteiger charge is 2.07. The van der Waals surface area contributed by atoms with Crippen molar-refractivity contribution in [3.8, 4) is 11.5 Å². The summed E-state index contributed by atoms with van der Waals surface area (Å²) in [6.45, 7) is 3.16. The van der Waals surface area contributed by atoms with E-state index in [1.807, 2.05) is 31.2 Å². The number of halogens is 2. The molecular formula is C14H14Br2O2S. The number of thiophene rings is 1. The molecule has 2 aromatic rings. The van der Waals surface area contributed by atoms with E-state index in [4.69, 9.17) is 9.47 Å². The maximum absolute atomic E-state index is 5.84. The summed E-state index contributed by atoms with van der Waals surface area (Å²) in [5.74, 6) is 1.59. The van der Waals surface area contributed by atoms with Gasteiger partial charge in [-0.1, -0.05) is 22.0 Å². The van der Waals surface area contributed by atoms with Gasteiger partial charge in [0.25, 0.3) is 0 Å². The van der Waals surface area contributed by atoms with Gasteiger partial charge in [0.1, 0.15) is 6.61 Å². The zero-order valence-corrected chi connectivity index (χ0v) is 14.5. The summed E-state index contributed by atoms with van der Waals surface area (Å²) in [7, 11) is 0. The lowest BCUT2D eigenvalue weighted by atomic mass is 10.2. The van der Waals surface area contributed by atoms with Crippen molar-refractivity contribution < 1.29 is 9.47 Å². The predicted octanol–water partition coefficient (Wildman–Crippen LogP) is 5.38. The van der Waals surface area contributed by atoms with Gasteiger partial charge in [-0.2, -0.15) is 0 Å². The van der Waals surface area contributed by atoms with Crippen LogP contribution in [0.2, 0.25) is 0 Å². The summed E-state index contributed by atoms with van der Waals surface area (Å²) in [6.07, 6.45) is 0. The second-order valence-corrected chi connectivity index (χ2v) is 6.95. The van der Waals surface area contributed by atoms with Gasteiger partial charge >= 0.3 is 0 Å². The highest BCUT2D eigenvalue weighted by atomic mass is 79.9. The first-order chi connectivity index (χ1) is 9.22. The molecule has 0 unspecified atom stereocenters. The van der Waals surface area contributed by atoms with Crippen molar-refractivity contribution in [2.75, 3.05) is 6.61 Å². The number of rotatable bonds is 6. The summed E-state index contributed by atoms with van der Waals surface area (Å²) in [5.41, 5.74) is 1.18. The van der Waals surface area contributed by atoms with E-state index in [1.54, 1.807) is 11.3 Å². The van der Waals surface area contributed by atoms with E-state index in [1.165, 1.54) is 10.4 Å². The quantitative estimate of drug-likeness (QED) is 0.600. The molecule has 0 aliphatic rings. The maximum atomic E-state index is 5.84. The second-order valence-electron chi connectivity index (χ2n) is 3.84. The van der Waals surface area contributed by atoms with E-state index < -0.39 is 0 Å². The van der Waals surface area contributed by atoms with Gasteiger partial charge in [0.2, 0.25) is 0 Å². The molecule has 0 spiro atoms. The average Bonchev–Trinajstić information content (AvgIpc) is 2.83. The van der Waals surface area contributed by atoms with Crippen molar-refractivity contribution in [3.05, 3.63) is 44.6 Å². The van der Waals surface area contributed by atoms with Gasteiger partial charge in [-0.3, -0.25) is 0 Å². The normalized spacial score (nSPS) is 10.5. The Morgan fingerprint density at radius 1 is 1.11 bits per heavy atom. The van der Waals surface area contributed by atoms with E-state index in [-0.39, 0.29) is 0 Å². The van der Waals surface area contributed by atoms with Gasteiger partial charge in [-0.25, -0.2) is 0 Å². The smallest absolute Gasteiger partial charge is 0.161 e. The fourth-order valence-corrected chi connectivity index (χ4v) is 3.35. The Morgan fingerprint density at radius 3 is 2.58 bits per heavy atom. The number of alkyl halides is 1. The van der Waals surface area contributed by atoms with Gasteiger partial charge in [-0.15, -0.1) is 11.3 Å². The van der Waals surface area contributed by atoms with Gasteiger partial charge in [0.05, 0.1) is 10.4 Å². The third-order valence-corrected chi connectivity index (χ3v) is 4.71. The zero-order chi connectivity index (χ0) is 13.7. The zero-order valence-electron chi connectivity index (χ0n) is 10.5. The molecule has 0 atom stereocenters. The molecule has 0 N–H and O–H groups in total. The van der Waals surface area contributed by atoms with Gasteiger partial charge in [-0.05, 0) is 52.7 Å². The standard InChI is InChI=1S/C14H14Br2O2S/c1-2-17-13-7-10(8-15)3-5-12(13)18-9-11-4-6-14(16)19-11/h3-7H,2,8-9H2,1H3. The minimum absolute atomic E-state index is 0.560. The lowest BCUT2D eigenvalue weighted by molar-refractivity contribution is 0.271. The Hall–Kier alpha value is -0.520. The average molecular weight is 406 g/mol. The number of benzene rings is 1. The molecule has 5 heteroatoms. The Balaban J connectivity index is 2.10. The molecule has 2 nitrogen and oxygen atoms in total. The summed E-state index contributed by atoms with van der Waals surface area (Å²) >= 11 is 8.57. The first kappa shape index (κ1) is 14.9. The topological polar surface area (TPSA) is 18.5 Å². The lowest BCUT2D eigenvalue weighted by Crippen LogP contribution is -1.99. The summed E-state index contributed by atoms with van der Waals surface area (Å²) < 4.78 is 12.6. The maximum Gasteiger partial charge on any atom is 0.161 e. The summed E-state index contributed by atoms with van der Waals surface area (Å²) in [4.78, 5) is 1.18. The van der Waals surface area contributed by atoms with E-state index in [2.05, 4.69) is 37.9 Å². The molecule has 0 saturated carbocycles. The van der Waals surface area contributed by atoms with Crippen molar-refractivity contribution in [1.29, 1.82) is 0 Å². The van der Waals surface area contributed by atoms with Crippen LogP contribution in [0.3, 0.4) is 0 Å². The molecule has 0 radical (unpaired) electrons. The first-order valence-electron chi connectivity index (χ1n) is 5.91. The molecule has 19 heavy (non-hydrogen) atoms. The van der Waals surface area contributed by atoms with E-state index in [0.717, 1.165) is 20.6 Å². The first-order valence-corrected chi connectivity index (χ1v) is 8.64. The largest absolute Gasteiger partial charge is 0.490 e. The van der Waals surface area contributed by atoms with Crippen LogP contribution in [0.15, 0.2) is 34.1 Å². The summed E-state index contributed by atoms with van der Waals surface area (Å²) in [5, 5.41) is 0.811. The van der Waals surface area contributed by atoms with Gasteiger partial charge < -0.3 is 9.47 Å². The molecule has 0 saturated heterocycles. The van der Waals surface area contributed by atoms with Gasteiger partial charge in [0, 0.05) is 10.2 Å². The molecule has 1 aromatic heterocycles. The van der Waals surface area contributed by atoms with E-state index in [0.29, 0.717) is 13.2 Å². The molecule has 1 aromatic carbocycles.